The minimum Gasteiger partial charge on any atom is -0.384 e. The van der Waals surface area contributed by atoms with E-state index >= 15 is 0 Å². The highest BCUT2D eigenvalue weighted by Crippen LogP contribution is 2.45. The Labute approximate surface area is 142 Å². The van der Waals surface area contributed by atoms with Crippen molar-refractivity contribution in [3.63, 3.8) is 0 Å². The number of amidine groups is 2. The van der Waals surface area contributed by atoms with Crippen LogP contribution in [0.5, 0.6) is 0 Å². The van der Waals surface area contributed by atoms with Gasteiger partial charge in [-0.05, 0) is 17.7 Å². The van der Waals surface area contributed by atoms with Crippen LogP contribution >= 0.6 is 11.8 Å². The van der Waals surface area contributed by atoms with Gasteiger partial charge >= 0.3 is 0 Å². The number of nitrogens with zero attached hydrogens (tertiary/aromatic N) is 1. The van der Waals surface area contributed by atoms with E-state index in [0.29, 0.717) is 16.7 Å². The number of hydrazone groups is 1. The van der Waals surface area contributed by atoms with Crippen molar-refractivity contribution in [1.29, 1.82) is 5.41 Å². The Balaban J connectivity index is 2.18. The topological polar surface area (TPSA) is 143 Å². The summed E-state index contributed by atoms with van der Waals surface area (Å²) in [7, 11) is 0. The largest absolute Gasteiger partial charge is 0.384 e. The first-order chi connectivity index (χ1) is 11.5. The van der Waals surface area contributed by atoms with E-state index < -0.39 is 5.25 Å². The van der Waals surface area contributed by atoms with Gasteiger partial charge in [0.25, 0.3) is 0 Å². The molecule has 3 rings (SSSR count). The molecule has 1 aliphatic heterocycles. The molecule has 1 aliphatic rings. The second kappa shape index (κ2) is 6.25. The van der Waals surface area contributed by atoms with Gasteiger partial charge in [0.2, 0.25) is 5.91 Å². The molecule has 0 radical (unpaired) electrons. The Bertz CT molecular complexity index is 863. The van der Waals surface area contributed by atoms with Crippen molar-refractivity contribution in [3.8, 4) is 0 Å². The van der Waals surface area contributed by atoms with Crippen LogP contribution in [0.2, 0.25) is 0 Å². The number of nitrogens with two attached hydrogens (primary N) is 3. The van der Waals surface area contributed by atoms with Crippen LogP contribution in [-0.4, -0.2) is 17.6 Å². The highest BCUT2D eigenvalue weighted by atomic mass is 32.2. The lowest BCUT2D eigenvalue weighted by molar-refractivity contribution is -0.115. The summed E-state index contributed by atoms with van der Waals surface area (Å²) in [5.74, 6) is 5.04. The van der Waals surface area contributed by atoms with Gasteiger partial charge in [-0.2, -0.15) is 5.10 Å². The Morgan fingerprint density at radius 1 is 1.12 bits per heavy atom. The molecular formula is C16H16N6OS. The van der Waals surface area contributed by atoms with E-state index in [0.717, 1.165) is 10.6 Å². The summed E-state index contributed by atoms with van der Waals surface area (Å²) < 4.78 is 0. The van der Waals surface area contributed by atoms with Crippen LogP contribution in [0.1, 0.15) is 21.9 Å². The molecule has 8 heteroatoms. The fourth-order valence-electron chi connectivity index (χ4n) is 2.62. The number of rotatable bonds is 3. The molecule has 122 valence electrons. The third-order valence-corrected chi connectivity index (χ3v) is 5.00. The number of amides is 1. The fourth-order valence-corrected chi connectivity index (χ4v) is 3.81. The number of hydrogen-bond acceptors (Lipinski definition) is 5. The van der Waals surface area contributed by atoms with Crippen LogP contribution < -0.4 is 22.6 Å². The lowest BCUT2D eigenvalue weighted by atomic mass is 9.95. The molecule has 24 heavy (non-hydrogen) atoms. The summed E-state index contributed by atoms with van der Waals surface area (Å²) in [5.41, 5.74) is 13.8. The maximum atomic E-state index is 12.6. The summed E-state index contributed by atoms with van der Waals surface area (Å²) in [5, 5.41) is 13.6. The number of thioether (sulfide) groups is 1. The fraction of sp³-hybridized carbons (Fsp3) is 0.0625. The van der Waals surface area contributed by atoms with Crippen molar-refractivity contribution in [1.82, 2.24) is 0 Å². The predicted octanol–water partition coefficient (Wildman–Crippen LogP) is 1.34. The highest BCUT2D eigenvalue weighted by molar-refractivity contribution is 8.00. The molecule has 2 aromatic rings. The summed E-state index contributed by atoms with van der Waals surface area (Å²) >= 11 is 1.38. The number of para-hydroxylation sites is 1. The molecular weight excluding hydrogens is 324 g/mol. The van der Waals surface area contributed by atoms with Crippen LogP contribution in [0.25, 0.3) is 0 Å². The predicted molar refractivity (Wildman–Crippen MR) is 96.0 cm³/mol. The number of anilines is 1. The molecule has 2 aromatic carbocycles. The van der Waals surface area contributed by atoms with E-state index in [1.807, 2.05) is 24.3 Å². The molecule has 1 heterocycles. The van der Waals surface area contributed by atoms with Gasteiger partial charge in [0, 0.05) is 16.0 Å². The molecule has 8 N–H and O–H groups in total. The van der Waals surface area contributed by atoms with E-state index in [4.69, 9.17) is 22.7 Å². The monoisotopic (exact) mass is 340 g/mol. The number of fused-ring (bicyclic) bond motifs is 1. The zero-order valence-corrected chi connectivity index (χ0v) is 13.4. The maximum Gasteiger partial charge on any atom is 0.242 e. The van der Waals surface area contributed by atoms with Crippen molar-refractivity contribution in [2.24, 2.45) is 22.4 Å². The minimum absolute atomic E-state index is 0.0837. The molecule has 0 fully saturated rings. The quantitative estimate of drug-likeness (QED) is 0.248. The standard InChI is InChI=1S/C16H16N6OS/c17-14(18)8-4-3-5-9(15(19)22-20)12(8)13-16(23)21-10-6-1-2-7-11(10)24-13/h1-7,13H,20H2,(H3,17,18)(H2,19,22)(H,21,23). The van der Waals surface area contributed by atoms with Crippen molar-refractivity contribution in [2.45, 2.75) is 10.1 Å². The number of nitrogens with one attached hydrogen (secondary N) is 2. The number of carbonyl (C=O) groups is 1. The van der Waals surface area contributed by atoms with E-state index in [-0.39, 0.29) is 17.6 Å². The van der Waals surface area contributed by atoms with Crippen LogP contribution in [0.4, 0.5) is 5.69 Å². The van der Waals surface area contributed by atoms with Gasteiger partial charge in [0.05, 0.1) is 5.69 Å². The Morgan fingerprint density at radius 3 is 2.54 bits per heavy atom. The van der Waals surface area contributed by atoms with E-state index in [1.165, 1.54) is 11.8 Å². The van der Waals surface area contributed by atoms with E-state index in [2.05, 4.69) is 10.4 Å². The Morgan fingerprint density at radius 2 is 1.83 bits per heavy atom. The summed E-state index contributed by atoms with van der Waals surface area (Å²) in [6, 6.07) is 12.6. The van der Waals surface area contributed by atoms with Gasteiger partial charge in [-0.1, -0.05) is 30.3 Å². The third kappa shape index (κ3) is 2.67. The van der Waals surface area contributed by atoms with E-state index in [1.54, 1.807) is 18.2 Å². The van der Waals surface area contributed by atoms with Gasteiger partial charge in [-0.25, -0.2) is 0 Å². The summed E-state index contributed by atoms with van der Waals surface area (Å²) in [6.07, 6.45) is 0. The van der Waals surface area contributed by atoms with Crippen molar-refractivity contribution in [2.75, 3.05) is 5.32 Å². The number of carbonyl (C=O) groups excluding carboxylic acids is 1. The smallest absolute Gasteiger partial charge is 0.242 e. The first-order valence-corrected chi connectivity index (χ1v) is 7.98. The van der Waals surface area contributed by atoms with Crippen LogP contribution in [0.3, 0.4) is 0 Å². The summed E-state index contributed by atoms with van der Waals surface area (Å²) in [4.78, 5) is 13.6. The molecule has 1 unspecified atom stereocenters. The van der Waals surface area contributed by atoms with Crippen LogP contribution in [-0.2, 0) is 4.79 Å². The molecule has 0 saturated carbocycles. The number of hydrogen-bond donors (Lipinski definition) is 5. The SMILES string of the molecule is N=C(N)c1cccc(/C(N)=N/N)c1C1Sc2ccccc2NC1=O. The average Bonchev–Trinajstić information content (AvgIpc) is 2.59. The molecule has 1 atom stereocenters. The van der Waals surface area contributed by atoms with Gasteiger partial charge in [-0.15, -0.1) is 11.8 Å². The molecule has 0 aliphatic carbocycles. The first kappa shape index (κ1) is 15.9. The lowest BCUT2D eigenvalue weighted by Crippen LogP contribution is -2.29. The number of benzene rings is 2. The summed E-state index contributed by atoms with van der Waals surface area (Å²) in [6.45, 7) is 0. The molecule has 0 spiro atoms. The van der Waals surface area contributed by atoms with Crippen molar-refractivity contribution < 1.29 is 4.79 Å². The lowest BCUT2D eigenvalue weighted by Gasteiger charge is -2.27. The van der Waals surface area contributed by atoms with Gasteiger partial charge < -0.3 is 22.6 Å². The average molecular weight is 340 g/mol. The zero-order chi connectivity index (χ0) is 17.3. The van der Waals surface area contributed by atoms with Crippen LogP contribution in [0.15, 0.2) is 52.5 Å². The Kier molecular flexibility index (Phi) is 4.13. The van der Waals surface area contributed by atoms with Crippen molar-refractivity contribution in [3.05, 3.63) is 59.2 Å². The second-order valence-corrected chi connectivity index (χ2v) is 6.33. The number of nitrogen functional groups attached to an aromatic ring is 1. The minimum atomic E-state index is -0.615. The van der Waals surface area contributed by atoms with Crippen molar-refractivity contribution >= 4 is 35.0 Å². The van der Waals surface area contributed by atoms with Gasteiger partial charge in [0.1, 0.15) is 11.1 Å². The Hall–Kier alpha value is -3.00. The maximum absolute atomic E-state index is 12.6. The molecule has 0 aromatic heterocycles. The van der Waals surface area contributed by atoms with E-state index in [9.17, 15) is 4.79 Å². The van der Waals surface area contributed by atoms with Gasteiger partial charge in [-0.3, -0.25) is 10.2 Å². The molecule has 0 saturated heterocycles. The molecule has 1 amide bonds. The van der Waals surface area contributed by atoms with Gasteiger partial charge in [0.15, 0.2) is 5.84 Å². The zero-order valence-electron chi connectivity index (χ0n) is 12.6. The highest BCUT2D eigenvalue weighted by Gasteiger charge is 2.33. The second-order valence-electron chi connectivity index (χ2n) is 5.18. The molecule has 0 bridgehead atoms. The normalized spacial score (nSPS) is 17.1. The molecule has 7 nitrogen and oxygen atoms in total. The third-order valence-electron chi connectivity index (χ3n) is 3.70. The van der Waals surface area contributed by atoms with Crippen LogP contribution in [0, 0.1) is 5.41 Å². The first-order valence-electron chi connectivity index (χ1n) is 7.10.